The number of hydrogen-bond acceptors (Lipinski definition) is 2. The zero-order chi connectivity index (χ0) is 10.2. The largest absolute Gasteiger partial charge is 0.377 e. The zero-order valence-electron chi connectivity index (χ0n) is 8.43. The Labute approximate surface area is 92.8 Å². The highest BCUT2D eigenvalue weighted by Gasteiger charge is 2.39. The van der Waals surface area contributed by atoms with Crippen LogP contribution in [0.3, 0.4) is 0 Å². The summed E-state index contributed by atoms with van der Waals surface area (Å²) in [6.07, 6.45) is 0. The summed E-state index contributed by atoms with van der Waals surface area (Å²) >= 11 is 3.50. The Morgan fingerprint density at radius 2 is 2.14 bits per heavy atom. The maximum atomic E-state index is 5.30. The average Bonchev–Trinajstić information content (AvgIpc) is 2.10. The summed E-state index contributed by atoms with van der Waals surface area (Å²) in [5.74, 6) is 0. The molecule has 0 aliphatic carbocycles. The lowest BCUT2D eigenvalue weighted by Crippen LogP contribution is -2.56. The van der Waals surface area contributed by atoms with E-state index in [2.05, 4.69) is 46.4 Å². The Bertz CT molecular complexity index is 342. The molecule has 1 heterocycles. The fourth-order valence-corrected chi connectivity index (χ4v) is 2.21. The van der Waals surface area contributed by atoms with Gasteiger partial charge in [0.2, 0.25) is 0 Å². The summed E-state index contributed by atoms with van der Waals surface area (Å²) in [6.45, 7) is 3.67. The molecular weight excluding hydrogens is 242 g/mol. The Morgan fingerprint density at radius 1 is 1.43 bits per heavy atom. The lowest BCUT2D eigenvalue weighted by atomic mass is 9.85. The van der Waals surface area contributed by atoms with Crippen LogP contribution in [0.1, 0.15) is 11.1 Å². The summed E-state index contributed by atoms with van der Waals surface area (Å²) < 4.78 is 6.43. The van der Waals surface area contributed by atoms with E-state index in [-0.39, 0.29) is 5.54 Å². The topological polar surface area (TPSA) is 21.3 Å². The minimum atomic E-state index is 0.0356. The van der Waals surface area contributed by atoms with Crippen molar-refractivity contribution in [2.75, 3.05) is 20.3 Å². The van der Waals surface area contributed by atoms with E-state index in [4.69, 9.17) is 4.74 Å². The van der Waals surface area contributed by atoms with Crippen LogP contribution in [0.2, 0.25) is 0 Å². The first-order valence-electron chi connectivity index (χ1n) is 4.71. The van der Waals surface area contributed by atoms with E-state index in [9.17, 15) is 0 Å². The quantitative estimate of drug-likeness (QED) is 0.875. The van der Waals surface area contributed by atoms with Crippen LogP contribution in [-0.2, 0) is 10.3 Å². The minimum absolute atomic E-state index is 0.0356. The zero-order valence-corrected chi connectivity index (χ0v) is 10.0. The molecule has 0 radical (unpaired) electrons. The highest BCUT2D eigenvalue weighted by Crippen LogP contribution is 2.32. The Balaban J connectivity index is 2.43. The van der Waals surface area contributed by atoms with Crippen molar-refractivity contribution in [2.24, 2.45) is 0 Å². The van der Waals surface area contributed by atoms with Gasteiger partial charge in [-0.1, -0.05) is 22.0 Å². The van der Waals surface area contributed by atoms with Crippen molar-refractivity contribution in [2.45, 2.75) is 12.5 Å². The first-order valence-corrected chi connectivity index (χ1v) is 5.50. The predicted molar refractivity (Wildman–Crippen MR) is 60.4 cm³/mol. The molecule has 0 unspecified atom stereocenters. The van der Waals surface area contributed by atoms with Gasteiger partial charge in [-0.25, -0.2) is 0 Å². The van der Waals surface area contributed by atoms with Crippen LogP contribution in [0.4, 0.5) is 0 Å². The highest BCUT2D eigenvalue weighted by atomic mass is 79.9. The van der Waals surface area contributed by atoms with Gasteiger partial charge in [0.05, 0.1) is 18.8 Å². The number of rotatable bonds is 2. The molecule has 1 aliphatic rings. The molecule has 1 saturated heterocycles. The molecule has 1 fully saturated rings. The predicted octanol–water partition coefficient (Wildman–Crippen LogP) is 2.20. The first kappa shape index (κ1) is 10.1. The Kier molecular flexibility index (Phi) is 2.64. The molecule has 1 aromatic rings. The number of nitrogens with one attached hydrogen (secondary N) is 1. The second-order valence-electron chi connectivity index (χ2n) is 3.78. The third kappa shape index (κ3) is 1.49. The van der Waals surface area contributed by atoms with Crippen molar-refractivity contribution in [1.29, 1.82) is 0 Å². The van der Waals surface area contributed by atoms with Gasteiger partial charge in [0, 0.05) is 4.47 Å². The third-order valence-corrected chi connectivity index (χ3v) is 3.38. The molecule has 14 heavy (non-hydrogen) atoms. The monoisotopic (exact) mass is 255 g/mol. The van der Waals surface area contributed by atoms with Gasteiger partial charge in [0.15, 0.2) is 0 Å². The van der Waals surface area contributed by atoms with Gasteiger partial charge in [0.25, 0.3) is 0 Å². The highest BCUT2D eigenvalue weighted by molar-refractivity contribution is 9.10. The molecule has 0 bridgehead atoms. The second-order valence-corrected chi connectivity index (χ2v) is 4.70. The lowest BCUT2D eigenvalue weighted by molar-refractivity contribution is -0.0751. The maximum Gasteiger partial charge on any atom is 0.0909 e. The normalized spacial score (nSPS) is 19.1. The van der Waals surface area contributed by atoms with Crippen molar-refractivity contribution in [1.82, 2.24) is 5.32 Å². The van der Waals surface area contributed by atoms with E-state index in [1.807, 2.05) is 7.05 Å². The average molecular weight is 256 g/mol. The van der Waals surface area contributed by atoms with Crippen molar-refractivity contribution >= 4 is 15.9 Å². The molecule has 0 amide bonds. The van der Waals surface area contributed by atoms with E-state index in [1.54, 1.807) is 0 Å². The van der Waals surface area contributed by atoms with Crippen LogP contribution >= 0.6 is 15.9 Å². The van der Waals surface area contributed by atoms with E-state index in [0.717, 1.165) is 17.7 Å². The van der Waals surface area contributed by atoms with Crippen LogP contribution < -0.4 is 5.32 Å². The summed E-state index contributed by atoms with van der Waals surface area (Å²) in [6, 6.07) is 6.38. The molecule has 2 rings (SSSR count). The molecule has 1 aliphatic heterocycles. The SMILES string of the molecule is CNC1(c2cc(Br)ccc2C)COC1. The van der Waals surface area contributed by atoms with Gasteiger partial charge in [0.1, 0.15) is 0 Å². The van der Waals surface area contributed by atoms with Gasteiger partial charge in [-0.2, -0.15) is 0 Å². The van der Waals surface area contributed by atoms with Crippen LogP contribution in [0.25, 0.3) is 0 Å². The molecular formula is C11H14BrNO. The van der Waals surface area contributed by atoms with Crippen molar-refractivity contribution in [3.05, 3.63) is 33.8 Å². The van der Waals surface area contributed by atoms with Crippen molar-refractivity contribution in [3.63, 3.8) is 0 Å². The fraction of sp³-hybridized carbons (Fsp3) is 0.455. The number of halogens is 1. The number of ether oxygens (including phenoxy) is 1. The molecule has 0 atom stereocenters. The summed E-state index contributed by atoms with van der Waals surface area (Å²) in [5.41, 5.74) is 2.68. The van der Waals surface area contributed by atoms with Crippen molar-refractivity contribution in [3.8, 4) is 0 Å². The molecule has 1 N–H and O–H groups in total. The molecule has 76 valence electrons. The maximum absolute atomic E-state index is 5.30. The standard InChI is InChI=1S/C11H14BrNO/c1-8-3-4-9(12)5-10(8)11(13-2)6-14-7-11/h3-5,13H,6-7H2,1-2H3. The Morgan fingerprint density at radius 3 is 2.64 bits per heavy atom. The van der Waals surface area contributed by atoms with E-state index in [1.165, 1.54) is 11.1 Å². The minimum Gasteiger partial charge on any atom is -0.377 e. The van der Waals surface area contributed by atoms with Gasteiger partial charge < -0.3 is 10.1 Å². The summed E-state index contributed by atoms with van der Waals surface area (Å²) in [4.78, 5) is 0. The number of aryl methyl sites for hydroxylation is 1. The van der Waals surface area contributed by atoms with Gasteiger partial charge >= 0.3 is 0 Å². The molecule has 0 spiro atoms. The molecule has 0 saturated carbocycles. The van der Waals surface area contributed by atoms with Crippen LogP contribution in [0, 0.1) is 6.92 Å². The second kappa shape index (κ2) is 3.65. The molecule has 1 aromatic carbocycles. The number of benzene rings is 1. The van der Waals surface area contributed by atoms with E-state index < -0.39 is 0 Å². The number of hydrogen-bond donors (Lipinski definition) is 1. The van der Waals surface area contributed by atoms with Gasteiger partial charge in [-0.05, 0) is 37.2 Å². The van der Waals surface area contributed by atoms with Crippen molar-refractivity contribution < 1.29 is 4.74 Å². The van der Waals surface area contributed by atoms with E-state index >= 15 is 0 Å². The summed E-state index contributed by atoms with van der Waals surface area (Å²) in [5, 5.41) is 3.35. The van der Waals surface area contributed by atoms with E-state index in [0.29, 0.717) is 0 Å². The summed E-state index contributed by atoms with van der Waals surface area (Å²) in [7, 11) is 1.99. The lowest BCUT2D eigenvalue weighted by Gasteiger charge is -2.42. The fourth-order valence-electron chi connectivity index (χ4n) is 1.85. The van der Waals surface area contributed by atoms with Crippen LogP contribution in [0.15, 0.2) is 22.7 Å². The molecule has 0 aromatic heterocycles. The van der Waals surface area contributed by atoms with Gasteiger partial charge in [-0.15, -0.1) is 0 Å². The Hall–Kier alpha value is -0.380. The third-order valence-electron chi connectivity index (χ3n) is 2.89. The van der Waals surface area contributed by atoms with Crippen LogP contribution in [0.5, 0.6) is 0 Å². The molecule has 3 heteroatoms. The smallest absolute Gasteiger partial charge is 0.0909 e. The first-order chi connectivity index (χ1) is 6.68. The van der Waals surface area contributed by atoms with Crippen LogP contribution in [-0.4, -0.2) is 20.3 Å². The number of likely N-dealkylation sites (N-methyl/N-ethyl adjacent to an activating group) is 1. The van der Waals surface area contributed by atoms with Gasteiger partial charge in [-0.3, -0.25) is 0 Å². The molecule has 2 nitrogen and oxygen atoms in total.